The number of hydrogen-bond acceptors (Lipinski definition) is 2. The summed E-state index contributed by atoms with van der Waals surface area (Å²) >= 11 is 0. The molecule has 0 saturated carbocycles. The number of aryl methyl sites for hydroxylation is 1. The summed E-state index contributed by atoms with van der Waals surface area (Å²) in [5.41, 5.74) is 3.50. The van der Waals surface area contributed by atoms with Crippen LogP contribution in [0.25, 0.3) is 11.0 Å². The minimum atomic E-state index is 0.292. The van der Waals surface area contributed by atoms with E-state index in [2.05, 4.69) is 39.9 Å². The molecule has 26 heavy (non-hydrogen) atoms. The number of carbonyl (C=O) groups is 1. The van der Waals surface area contributed by atoms with Crippen LogP contribution in [0.1, 0.15) is 24.8 Å². The largest absolute Gasteiger partial charge is 0.343 e. The predicted octanol–water partition coefficient (Wildman–Crippen LogP) is 3.91. The van der Waals surface area contributed by atoms with E-state index in [0.717, 1.165) is 44.4 Å². The van der Waals surface area contributed by atoms with Gasteiger partial charge in [-0.3, -0.25) is 4.79 Å². The van der Waals surface area contributed by atoms with Crippen LogP contribution in [-0.4, -0.2) is 33.4 Å². The first-order chi connectivity index (χ1) is 12.8. The molecule has 4 heteroatoms. The van der Waals surface area contributed by atoms with Crippen LogP contribution in [0.5, 0.6) is 0 Å². The van der Waals surface area contributed by atoms with Crippen molar-refractivity contribution in [2.75, 3.05) is 13.1 Å². The first-order valence-corrected chi connectivity index (χ1v) is 9.51. The number of fused-ring (bicyclic) bond motifs is 1. The first kappa shape index (κ1) is 16.8. The van der Waals surface area contributed by atoms with Gasteiger partial charge in [0.25, 0.3) is 0 Å². The molecule has 0 atom stereocenters. The second kappa shape index (κ2) is 7.73. The smallest absolute Gasteiger partial charge is 0.222 e. The second-order valence-electron chi connectivity index (χ2n) is 7.20. The fourth-order valence-corrected chi connectivity index (χ4v) is 3.85. The Morgan fingerprint density at radius 1 is 1.00 bits per heavy atom. The average molecular weight is 347 g/mol. The third kappa shape index (κ3) is 3.79. The predicted molar refractivity (Wildman–Crippen MR) is 104 cm³/mol. The number of rotatable bonds is 5. The zero-order valence-electron chi connectivity index (χ0n) is 15.1. The Kier molecular flexibility index (Phi) is 5.00. The maximum atomic E-state index is 12.5. The van der Waals surface area contributed by atoms with Gasteiger partial charge in [-0.15, -0.1) is 0 Å². The molecular weight excluding hydrogens is 322 g/mol. The zero-order valence-corrected chi connectivity index (χ0v) is 15.1. The Balaban J connectivity index is 1.28. The molecule has 134 valence electrons. The van der Waals surface area contributed by atoms with Gasteiger partial charge in [-0.25, -0.2) is 4.98 Å². The van der Waals surface area contributed by atoms with E-state index in [9.17, 15) is 4.79 Å². The van der Waals surface area contributed by atoms with E-state index < -0.39 is 0 Å². The van der Waals surface area contributed by atoms with E-state index in [1.165, 1.54) is 11.1 Å². The maximum absolute atomic E-state index is 12.5. The van der Waals surface area contributed by atoms with Crippen molar-refractivity contribution in [1.29, 1.82) is 0 Å². The molecule has 0 radical (unpaired) electrons. The summed E-state index contributed by atoms with van der Waals surface area (Å²) in [6.07, 6.45) is 5.54. The number of benzene rings is 2. The quantitative estimate of drug-likeness (QED) is 0.702. The summed E-state index contributed by atoms with van der Waals surface area (Å²) in [7, 11) is 0. The van der Waals surface area contributed by atoms with Crippen LogP contribution in [0, 0.1) is 5.92 Å². The molecule has 2 aromatic carbocycles. The number of carbonyl (C=O) groups excluding carboxylic acids is 1. The third-order valence-corrected chi connectivity index (χ3v) is 5.42. The lowest BCUT2D eigenvalue weighted by Gasteiger charge is -2.32. The van der Waals surface area contributed by atoms with E-state index in [1.807, 2.05) is 35.5 Å². The van der Waals surface area contributed by atoms with Crippen LogP contribution in [0.3, 0.4) is 0 Å². The van der Waals surface area contributed by atoms with Crippen LogP contribution in [0.15, 0.2) is 60.9 Å². The highest BCUT2D eigenvalue weighted by Crippen LogP contribution is 2.22. The molecule has 1 aromatic heterocycles. The van der Waals surface area contributed by atoms with Gasteiger partial charge in [0.05, 0.1) is 17.4 Å². The number of likely N-dealkylation sites (tertiary alicyclic amines) is 1. The topological polar surface area (TPSA) is 38.1 Å². The highest BCUT2D eigenvalue weighted by molar-refractivity contribution is 5.76. The van der Waals surface area contributed by atoms with Crippen LogP contribution < -0.4 is 0 Å². The highest BCUT2D eigenvalue weighted by atomic mass is 16.2. The summed E-state index contributed by atoms with van der Waals surface area (Å²) in [6.45, 7) is 2.75. The molecule has 0 aliphatic carbocycles. The van der Waals surface area contributed by atoms with Gasteiger partial charge in [0.1, 0.15) is 0 Å². The molecule has 3 aromatic rings. The number of imidazole rings is 1. The zero-order chi connectivity index (χ0) is 17.8. The lowest BCUT2D eigenvalue weighted by Crippen LogP contribution is -2.39. The summed E-state index contributed by atoms with van der Waals surface area (Å²) in [6, 6.07) is 18.5. The van der Waals surface area contributed by atoms with Gasteiger partial charge in [-0.2, -0.15) is 0 Å². The molecule has 1 saturated heterocycles. The standard InChI is InChI=1S/C22H25N3O/c26-22(11-10-18-6-2-1-3-7-18)24-14-12-19(13-15-24)16-25-17-23-20-8-4-5-9-21(20)25/h1-9,17,19H,10-16H2. The fourth-order valence-electron chi connectivity index (χ4n) is 3.85. The van der Waals surface area contributed by atoms with Crippen LogP contribution in [0.4, 0.5) is 0 Å². The molecule has 1 amide bonds. The molecule has 0 N–H and O–H groups in total. The molecule has 4 nitrogen and oxygen atoms in total. The number of hydrogen-bond donors (Lipinski definition) is 0. The van der Waals surface area contributed by atoms with Crippen molar-refractivity contribution in [3.05, 3.63) is 66.5 Å². The first-order valence-electron chi connectivity index (χ1n) is 9.51. The third-order valence-electron chi connectivity index (χ3n) is 5.42. The summed E-state index contributed by atoms with van der Waals surface area (Å²) < 4.78 is 2.26. The van der Waals surface area contributed by atoms with Crippen molar-refractivity contribution < 1.29 is 4.79 Å². The van der Waals surface area contributed by atoms with Crippen molar-refractivity contribution in [1.82, 2.24) is 14.5 Å². The van der Waals surface area contributed by atoms with Crippen molar-refractivity contribution >= 4 is 16.9 Å². The van der Waals surface area contributed by atoms with Crippen LogP contribution in [-0.2, 0) is 17.8 Å². The van der Waals surface area contributed by atoms with E-state index >= 15 is 0 Å². The minimum Gasteiger partial charge on any atom is -0.343 e. The fraction of sp³-hybridized carbons (Fsp3) is 0.364. The molecule has 0 unspecified atom stereocenters. The van der Waals surface area contributed by atoms with Crippen molar-refractivity contribution in [2.24, 2.45) is 5.92 Å². The molecule has 4 rings (SSSR count). The number of piperidine rings is 1. The molecular formula is C22H25N3O. The van der Waals surface area contributed by atoms with E-state index in [4.69, 9.17) is 0 Å². The Morgan fingerprint density at radius 3 is 2.54 bits per heavy atom. The lowest BCUT2D eigenvalue weighted by molar-refractivity contribution is -0.132. The number of amides is 1. The molecule has 1 fully saturated rings. The van der Waals surface area contributed by atoms with Gasteiger partial charge >= 0.3 is 0 Å². The van der Waals surface area contributed by atoms with Crippen molar-refractivity contribution in [2.45, 2.75) is 32.2 Å². The van der Waals surface area contributed by atoms with Gasteiger partial charge in [-0.1, -0.05) is 42.5 Å². The molecule has 2 heterocycles. The summed E-state index contributed by atoms with van der Waals surface area (Å²) in [5.74, 6) is 0.908. The normalized spacial score (nSPS) is 15.5. The van der Waals surface area contributed by atoms with Gasteiger partial charge in [0, 0.05) is 26.1 Å². The molecule has 0 spiro atoms. The maximum Gasteiger partial charge on any atom is 0.222 e. The highest BCUT2D eigenvalue weighted by Gasteiger charge is 2.23. The van der Waals surface area contributed by atoms with Crippen molar-refractivity contribution in [3.8, 4) is 0 Å². The van der Waals surface area contributed by atoms with E-state index in [1.54, 1.807) is 0 Å². The number of aromatic nitrogens is 2. The Hall–Kier alpha value is -2.62. The average Bonchev–Trinajstić information content (AvgIpc) is 3.10. The Morgan fingerprint density at radius 2 is 1.73 bits per heavy atom. The minimum absolute atomic E-state index is 0.292. The summed E-state index contributed by atoms with van der Waals surface area (Å²) in [5, 5.41) is 0. The van der Waals surface area contributed by atoms with E-state index in [0.29, 0.717) is 18.2 Å². The second-order valence-corrected chi connectivity index (χ2v) is 7.20. The van der Waals surface area contributed by atoms with E-state index in [-0.39, 0.29) is 0 Å². The SMILES string of the molecule is O=C(CCc1ccccc1)N1CCC(Cn2cnc3ccccc32)CC1. The number of para-hydroxylation sites is 2. The lowest BCUT2D eigenvalue weighted by atomic mass is 9.96. The van der Waals surface area contributed by atoms with Crippen LogP contribution >= 0.6 is 0 Å². The van der Waals surface area contributed by atoms with Crippen molar-refractivity contribution in [3.63, 3.8) is 0 Å². The summed E-state index contributed by atoms with van der Waals surface area (Å²) in [4.78, 5) is 19.0. The Labute approximate surface area is 154 Å². The van der Waals surface area contributed by atoms with Crippen LogP contribution in [0.2, 0.25) is 0 Å². The molecule has 1 aliphatic rings. The van der Waals surface area contributed by atoms with Gasteiger partial charge in [-0.05, 0) is 42.9 Å². The van der Waals surface area contributed by atoms with Gasteiger partial charge in [0.15, 0.2) is 0 Å². The number of nitrogens with zero attached hydrogens (tertiary/aromatic N) is 3. The van der Waals surface area contributed by atoms with Gasteiger partial charge < -0.3 is 9.47 Å². The monoisotopic (exact) mass is 347 g/mol. The Bertz CT molecular complexity index is 863. The molecule has 1 aliphatic heterocycles. The van der Waals surface area contributed by atoms with Gasteiger partial charge in [0.2, 0.25) is 5.91 Å². The molecule has 0 bridgehead atoms.